The summed E-state index contributed by atoms with van der Waals surface area (Å²) in [5.74, 6) is -0.821. The first-order chi connectivity index (χ1) is 16.0. The molecule has 35 heavy (non-hydrogen) atoms. The van der Waals surface area contributed by atoms with Gasteiger partial charge < -0.3 is 18.9 Å². The molecule has 10 atom stereocenters. The summed E-state index contributed by atoms with van der Waals surface area (Å²) in [7, 11) is 0. The monoisotopic (exact) mass is 574 g/mol. The van der Waals surface area contributed by atoms with Crippen LogP contribution in [0.25, 0.3) is 0 Å². The van der Waals surface area contributed by atoms with Crippen molar-refractivity contribution in [1.82, 2.24) is 0 Å². The summed E-state index contributed by atoms with van der Waals surface area (Å²) in [6, 6.07) is 0. The highest BCUT2D eigenvalue weighted by Gasteiger charge is 2.49. The second-order valence-corrected chi connectivity index (χ2v) is 9.90. The predicted octanol–water partition coefficient (Wildman–Crippen LogP) is 3.36. The molecule has 2 aliphatic heterocycles. The Hall–Kier alpha value is -2.04. The van der Waals surface area contributed by atoms with Crippen LogP contribution in [0.15, 0.2) is 0 Å². The average molecular weight is 575 g/mol. The van der Waals surface area contributed by atoms with E-state index in [4.69, 9.17) is 38.1 Å². The molecular formula is C22H33BrF2O10. The van der Waals surface area contributed by atoms with Crippen molar-refractivity contribution in [3.8, 4) is 0 Å². The highest BCUT2D eigenvalue weighted by Crippen LogP contribution is 2.43. The third-order valence-electron chi connectivity index (χ3n) is 6.02. The Balaban J connectivity index is 0. The van der Waals surface area contributed by atoms with E-state index in [0.29, 0.717) is 0 Å². The van der Waals surface area contributed by atoms with Crippen molar-refractivity contribution >= 4 is 40.2 Å². The lowest BCUT2D eigenvalue weighted by atomic mass is 9.84. The molecule has 0 aliphatic carbocycles. The molecule has 2 fully saturated rings. The molecule has 0 radical (unpaired) electrons. The number of hydrogen-bond donors (Lipinski definition) is 0. The first-order valence-corrected chi connectivity index (χ1v) is 11.4. The zero-order valence-electron chi connectivity index (χ0n) is 20.9. The molecule has 2 heterocycles. The lowest BCUT2D eigenvalue weighted by Gasteiger charge is -2.44. The van der Waals surface area contributed by atoms with Gasteiger partial charge in [0.05, 0.1) is 6.10 Å². The van der Waals surface area contributed by atoms with Gasteiger partial charge in [0.2, 0.25) is 12.7 Å². The fourth-order valence-corrected chi connectivity index (χ4v) is 4.06. The Morgan fingerprint density at radius 1 is 0.800 bits per heavy atom. The third kappa shape index (κ3) is 12.0. The van der Waals surface area contributed by atoms with Gasteiger partial charge in [0.15, 0.2) is 12.2 Å². The molecule has 0 spiro atoms. The number of alkyl halides is 3. The molecule has 0 aromatic heterocycles. The van der Waals surface area contributed by atoms with Crippen molar-refractivity contribution in [1.29, 1.82) is 0 Å². The first kappa shape index (κ1) is 35.1. The average Bonchev–Trinajstić information content (AvgIpc) is 2.72. The smallest absolute Gasteiger partial charge is 0.373 e. The minimum absolute atomic E-state index is 0.0161. The summed E-state index contributed by atoms with van der Waals surface area (Å²) < 4.78 is 46.3. The molecule has 0 amide bonds. The van der Waals surface area contributed by atoms with Crippen molar-refractivity contribution in [2.75, 3.05) is 0 Å². The molecule has 0 aromatic rings. The van der Waals surface area contributed by atoms with E-state index in [9.17, 15) is 18.4 Å². The SMILES string of the molecule is CC(=O)OC1C(F)OC(C)(Br)C(C)C1C.CC(=O)OC1C(F)OC(C)C(C)C1C.O=C=O.O=C=O. The number of ether oxygens (including phenoxy) is 4. The number of carbonyl (C=O) groups excluding carboxylic acids is 6. The van der Waals surface area contributed by atoms with Gasteiger partial charge in [-0.2, -0.15) is 19.2 Å². The number of hydrogen-bond acceptors (Lipinski definition) is 10. The zero-order chi connectivity index (χ0) is 28.1. The molecule has 2 aliphatic rings. The maximum absolute atomic E-state index is 13.6. The molecule has 0 aromatic carbocycles. The molecular weight excluding hydrogens is 542 g/mol. The van der Waals surface area contributed by atoms with Gasteiger partial charge >= 0.3 is 24.2 Å². The fourth-order valence-electron chi connectivity index (χ4n) is 3.46. The highest BCUT2D eigenvalue weighted by atomic mass is 79.9. The van der Waals surface area contributed by atoms with Gasteiger partial charge in [-0.25, -0.2) is 8.78 Å². The number of rotatable bonds is 2. The Kier molecular flexibility index (Phi) is 16.7. The predicted molar refractivity (Wildman–Crippen MR) is 117 cm³/mol. The quantitative estimate of drug-likeness (QED) is 0.356. The van der Waals surface area contributed by atoms with Crippen molar-refractivity contribution in [2.45, 2.75) is 90.9 Å². The van der Waals surface area contributed by atoms with E-state index in [1.807, 2.05) is 34.6 Å². The molecule has 0 saturated carbocycles. The summed E-state index contributed by atoms with van der Waals surface area (Å²) in [4.78, 5) is 54.1. The van der Waals surface area contributed by atoms with Crippen molar-refractivity contribution < 1.29 is 56.5 Å². The van der Waals surface area contributed by atoms with E-state index in [-0.39, 0.29) is 42.1 Å². The minimum Gasteiger partial charge on any atom is -0.457 e. The van der Waals surface area contributed by atoms with Crippen molar-refractivity contribution in [2.24, 2.45) is 23.7 Å². The van der Waals surface area contributed by atoms with Gasteiger partial charge in [0.1, 0.15) is 4.51 Å². The van der Waals surface area contributed by atoms with Crippen LogP contribution in [0.2, 0.25) is 0 Å². The minimum atomic E-state index is -1.58. The van der Waals surface area contributed by atoms with Gasteiger partial charge in [-0.3, -0.25) is 9.59 Å². The van der Waals surface area contributed by atoms with E-state index in [0.717, 1.165) is 0 Å². The van der Waals surface area contributed by atoms with Crippen LogP contribution in [0, 0.1) is 23.7 Å². The maximum Gasteiger partial charge on any atom is 0.373 e. The van der Waals surface area contributed by atoms with Crippen LogP contribution in [0.1, 0.15) is 55.4 Å². The molecule has 202 valence electrons. The molecule has 10 nitrogen and oxygen atoms in total. The second-order valence-electron chi connectivity index (χ2n) is 8.33. The van der Waals surface area contributed by atoms with Gasteiger partial charge in [0.25, 0.3) is 0 Å². The Labute approximate surface area is 211 Å². The van der Waals surface area contributed by atoms with Crippen LogP contribution in [0.5, 0.6) is 0 Å². The van der Waals surface area contributed by atoms with Crippen LogP contribution < -0.4 is 0 Å². The van der Waals surface area contributed by atoms with E-state index in [2.05, 4.69) is 15.9 Å². The molecule has 0 N–H and O–H groups in total. The van der Waals surface area contributed by atoms with Crippen LogP contribution in [0.3, 0.4) is 0 Å². The largest absolute Gasteiger partial charge is 0.457 e. The zero-order valence-corrected chi connectivity index (χ0v) is 22.5. The topological polar surface area (TPSA) is 139 Å². The summed E-state index contributed by atoms with van der Waals surface area (Å²) in [5.41, 5.74) is 0. The van der Waals surface area contributed by atoms with E-state index in [1.165, 1.54) is 13.8 Å². The molecule has 10 unspecified atom stereocenters. The maximum atomic E-state index is 13.6. The molecule has 13 heteroatoms. The summed E-state index contributed by atoms with van der Waals surface area (Å²) in [5, 5.41) is 0. The lowest BCUT2D eigenvalue weighted by Crippen LogP contribution is -2.52. The summed E-state index contributed by atoms with van der Waals surface area (Å²) >= 11 is 3.33. The first-order valence-electron chi connectivity index (χ1n) is 10.6. The second kappa shape index (κ2) is 16.6. The van der Waals surface area contributed by atoms with Gasteiger partial charge in [0, 0.05) is 31.6 Å². The van der Waals surface area contributed by atoms with Gasteiger partial charge in [-0.1, -0.05) is 43.6 Å². The van der Waals surface area contributed by atoms with Gasteiger partial charge in [-0.05, 0) is 19.8 Å². The van der Waals surface area contributed by atoms with Crippen LogP contribution in [-0.2, 0) is 47.7 Å². The summed E-state index contributed by atoms with van der Waals surface area (Å²) in [6.45, 7) is 13.8. The van der Waals surface area contributed by atoms with Crippen LogP contribution in [0.4, 0.5) is 8.78 Å². The molecule has 2 rings (SSSR count). The standard InChI is InChI=1S/C10H16BrFO3.C10H17FO3.2CO2/c1-5-6(2)10(4,11)15-9(12)8(5)14-7(3)13;1-5-6(2)9(14-8(4)12)10(11)13-7(5)3;2*2-1-3/h5-6,8-9H,1-4H3;5-7,9-10H,1-4H3;;. The van der Waals surface area contributed by atoms with E-state index in [1.54, 1.807) is 6.92 Å². The van der Waals surface area contributed by atoms with Crippen LogP contribution in [-0.4, -0.2) is 59.8 Å². The van der Waals surface area contributed by atoms with Crippen molar-refractivity contribution in [3.05, 3.63) is 0 Å². The normalized spacial score (nSPS) is 37.6. The van der Waals surface area contributed by atoms with Gasteiger partial charge in [-0.15, -0.1) is 0 Å². The lowest BCUT2D eigenvalue weighted by molar-refractivity contribution is -0.234. The molecule has 2 saturated heterocycles. The number of esters is 2. The highest BCUT2D eigenvalue weighted by molar-refractivity contribution is 9.10. The van der Waals surface area contributed by atoms with E-state index < -0.39 is 41.4 Å². The Morgan fingerprint density at radius 3 is 1.54 bits per heavy atom. The van der Waals surface area contributed by atoms with Crippen LogP contribution >= 0.6 is 15.9 Å². The van der Waals surface area contributed by atoms with E-state index >= 15 is 0 Å². The fraction of sp³-hybridized carbons (Fsp3) is 0.818. The number of halogens is 3. The molecule has 0 bridgehead atoms. The Bertz CT molecular complexity index is 726. The van der Waals surface area contributed by atoms with Crippen molar-refractivity contribution in [3.63, 3.8) is 0 Å². The summed E-state index contributed by atoms with van der Waals surface area (Å²) in [6.07, 6.45) is -4.29. The Morgan fingerprint density at radius 2 is 1.17 bits per heavy atom. The number of carbonyl (C=O) groups is 2. The third-order valence-corrected chi connectivity index (χ3v) is 6.93.